The van der Waals surface area contributed by atoms with Gasteiger partial charge in [0.05, 0.1) is 19.3 Å². The van der Waals surface area contributed by atoms with Crippen molar-refractivity contribution in [3.05, 3.63) is 10.4 Å². The highest BCUT2D eigenvalue weighted by molar-refractivity contribution is 4.70. The molecular formula is C8H16N4O2. The Morgan fingerprint density at radius 1 is 1.64 bits per heavy atom. The molecule has 1 atom stereocenters. The number of rotatable bonds is 5. The number of hydrogen-bond donors (Lipinski definition) is 1. The zero-order valence-corrected chi connectivity index (χ0v) is 8.17. The number of azide groups is 1. The molecule has 0 aromatic heterocycles. The third-order valence-corrected chi connectivity index (χ3v) is 2.22. The van der Waals surface area contributed by atoms with Crippen LogP contribution in [0.3, 0.4) is 0 Å². The number of aliphatic hydroxyl groups is 1. The van der Waals surface area contributed by atoms with Gasteiger partial charge in [-0.1, -0.05) is 5.11 Å². The summed E-state index contributed by atoms with van der Waals surface area (Å²) in [7, 11) is 0. The fourth-order valence-electron chi connectivity index (χ4n) is 1.50. The van der Waals surface area contributed by atoms with Crippen molar-refractivity contribution in [2.24, 2.45) is 5.11 Å². The van der Waals surface area contributed by atoms with Crippen LogP contribution in [0, 0.1) is 0 Å². The standard InChI is InChI=1S/C8H16N4O2/c9-11-10-2-1-3-12-4-5-14-8(6-12)7-13/h8,13H,1-7H2. The van der Waals surface area contributed by atoms with Gasteiger partial charge in [0.2, 0.25) is 0 Å². The Morgan fingerprint density at radius 2 is 2.50 bits per heavy atom. The lowest BCUT2D eigenvalue weighted by Crippen LogP contribution is -2.44. The summed E-state index contributed by atoms with van der Waals surface area (Å²) < 4.78 is 5.31. The van der Waals surface area contributed by atoms with E-state index in [1.807, 2.05) is 0 Å². The molecule has 1 fully saturated rings. The minimum absolute atomic E-state index is 0.0526. The highest BCUT2D eigenvalue weighted by Gasteiger charge is 2.18. The minimum Gasteiger partial charge on any atom is -0.394 e. The van der Waals surface area contributed by atoms with Crippen LogP contribution in [0.25, 0.3) is 10.4 Å². The molecule has 1 N–H and O–H groups in total. The first-order valence-electron chi connectivity index (χ1n) is 4.82. The highest BCUT2D eigenvalue weighted by atomic mass is 16.5. The molecule has 1 unspecified atom stereocenters. The molecule has 0 aromatic rings. The molecule has 80 valence electrons. The topological polar surface area (TPSA) is 81.5 Å². The quantitative estimate of drug-likeness (QED) is 0.301. The van der Waals surface area contributed by atoms with Gasteiger partial charge in [0, 0.05) is 24.5 Å². The zero-order valence-electron chi connectivity index (χ0n) is 8.17. The summed E-state index contributed by atoms with van der Waals surface area (Å²) in [4.78, 5) is 4.91. The predicted molar refractivity (Wildman–Crippen MR) is 51.9 cm³/mol. The van der Waals surface area contributed by atoms with Crippen LogP contribution in [-0.2, 0) is 4.74 Å². The van der Waals surface area contributed by atoms with Gasteiger partial charge in [0.1, 0.15) is 0 Å². The molecule has 0 saturated carbocycles. The van der Waals surface area contributed by atoms with Crippen molar-refractivity contribution in [3.63, 3.8) is 0 Å². The molecular weight excluding hydrogens is 184 g/mol. The smallest absolute Gasteiger partial charge is 0.0932 e. The van der Waals surface area contributed by atoms with E-state index < -0.39 is 0 Å². The number of hydrogen-bond acceptors (Lipinski definition) is 4. The van der Waals surface area contributed by atoms with Gasteiger partial charge < -0.3 is 9.84 Å². The lowest BCUT2D eigenvalue weighted by molar-refractivity contribution is -0.0526. The van der Waals surface area contributed by atoms with Gasteiger partial charge in [0.25, 0.3) is 0 Å². The number of nitrogens with zero attached hydrogens (tertiary/aromatic N) is 4. The van der Waals surface area contributed by atoms with E-state index in [4.69, 9.17) is 15.4 Å². The molecule has 0 bridgehead atoms. The second-order valence-corrected chi connectivity index (χ2v) is 3.28. The Balaban J connectivity index is 2.14. The summed E-state index contributed by atoms with van der Waals surface area (Å²) in [5.74, 6) is 0. The van der Waals surface area contributed by atoms with E-state index in [2.05, 4.69) is 14.9 Å². The number of morpholine rings is 1. The first kappa shape index (κ1) is 11.3. The average Bonchev–Trinajstić information content (AvgIpc) is 2.25. The molecule has 1 aliphatic heterocycles. The maximum Gasteiger partial charge on any atom is 0.0932 e. The predicted octanol–water partition coefficient (Wildman–Crippen LogP) is 0.380. The van der Waals surface area contributed by atoms with Crippen molar-refractivity contribution >= 4 is 0 Å². The molecule has 1 heterocycles. The first-order valence-corrected chi connectivity index (χ1v) is 4.82. The number of ether oxygens (including phenoxy) is 1. The third kappa shape index (κ3) is 3.93. The molecule has 0 amide bonds. The maximum atomic E-state index is 8.90. The maximum absolute atomic E-state index is 8.90. The van der Waals surface area contributed by atoms with Crippen LogP contribution in [0.5, 0.6) is 0 Å². The Labute approximate surface area is 83.1 Å². The number of aliphatic hydroxyl groups excluding tert-OH is 1. The van der Waals surface area contributed by atoms with Crippen molar-refractivity contribution in [3.8, 4) is 0 Å². The summed E-state index contributed by atoms with van der Waals surface area (Å²) in [5, 5.41) is 12.4. The summed E-state index contributed by atoms with van der Waals surface area (Å²) in [6.07, 6.45) is 0.811. The van der Waals surface area contributed by atoms with Crippen LogP contribution in [0.2, 0.25) is 0 Å². The van der Waals surface area contributed by atoms with E-state index in [9.17, 15) is 0 Å². The van der Waals surface area contributed by atoms with E-state index in [-0.39, 0.29) is 12.7 Å². The summed E-state index contributed by atoms with van der Waals surface area (Å²) in [5.41, 5.74) is 8.08. The molecule has 0 aliphatic carbocycles. The van der Waals surface area contributed by atoms with Crippen molar-refractivity contribution in [1.82, 2.24) is 4.90 Å². The zero-order chi connectivity index (χ0) is 10.2. The second-order valence-electron chi connectivity index (χ2n) is 3.28. The van der Waals surface area contributed by atoms with Gasteiger partial charge in [-0.2, -0.15) is 0 Å². The molecule has 0 radical (unpaired) electrons. The van der Waals surface area contributed by atoms with Gasteiger partial charge in [-0.05, 0) is 18.5 Å². The average molecular weight is 200 g/mol. The van der Waals surface area contributed by atoms with Crippen LogP contribution in [-0.4, -0.2) is 55.5 Å². The summed E-state index contributed by atoms with van der Waals surface area (Å²) >= 11 is 0. The lowest BCUT2D eigenvalue weighted by Gasteiger charge is -2.31. The molecule has 1 saturated heterocycles. The van der Waals surface area contributed by atoms with Gasteiger partial charge in [0.15, 0.2) is 0 Å². The van der Waals surface area contributed by atoms with Crippen LogP contribution in [0.4, 0.5) is 0 Å². The monoisotopic (exact) mass is 200 g/mol. The van der Waals surface area contributed by atoms with Crippen LogP contribution in [0.1, 0.15) is 6.42 Å². The molecule has 1 aliphatic rings. The molecule has 0 aromatic carbocycles. The fraction of sp³-hybridized carbons (Fsp3) is 1.00. The van der Waals surface area contributed by atoms with Crippen LogP contribution in [0.15, 0.2) is 5.11 Å². The van der Waals surface area contributed by atoms with Crippen molar-refractivity contribution in [2.75, 3.05) is 39.4 Å². The second kappa shape index (κ2) is 6.62. The van der Waals surface area contributed by atoms with Gasteiger partial charge >= 0.3 is 0 Å². The molecule has 1 rings (SSSR count). The molecule has 6 nitrogen and oxygen atoms in total. The van der Waals surface area contributed by atoms with E-state index >= 15 is 0 Å². The summed E-state index contributed by atoms with van der Waals surface area (Å²) in [6, 6.07) is 0. The lowest BCUT2D eigenvalue weighted by atomic mass is 10.2. The van der Waals surface area contributed by atoms with E-state index in [0.717, 1.165) is 26.1 Å². The Morgan fingerprint density at radius 3 is 3.21 bits per heavy atom. The van der Waals surface area contributed by atoms with Gasteiger partial charge in [-0.3, -0.25) is 4.90 Å². The first-order chi connectivity index (χ1) is 6.86. The van der Waals surface area contributed by atoms with Gasteiger partial charge in [-0.25, -0.2) is 0 Å². The summed E-state index contributed by atoms with van der Waals surface area (Å²) in [6.45, 7) is 3.86. The van der Waals surface area contributed by atoms with Gasteiger partial charge in [-0.15, -0.1) is 0 Å². The molecule has 14 heavy (non-hydrogen) atoms. The molecule has 0 spiro atoms. The van der Waals surface area contributed by atoms with Crippen LogP contribution < -0.4 is 0 Å². The van der Waals surface area contributed by atoms with Crippen LogP contribution >= 0.6 is 0 Å². The Bertz CT molecular complexity index is 206. The Kier molecular flexibility index (Phi) is 5.32. The fourth-order valence-corrected chi connectivity index (χ4v) is 1.50. The SMILES string of the molecule is [N-]=[N+]=NCCCN1CCOC(CO)C1. The normalized spacial score (nSPS) is 23.1. The van der Waals surface area contributed by atoms with Crippen molar-refractivity contribution in [1.29, 1.82) is 0 Å². The van der Waals surface area contributed by atoms with E-state index in [0.29, 0.717) is 13.2 Å². The van der Waals surface area contributed by atoms with Crippen molar-refractivity contribution in [2.45, 2.75) is 12.5 Å². The van der Waals surface area contributed by atoms with E-state index in [1.54, 1.807) is 0 Å². The third-order valence-electron chi connectivity index (χ3n) is 2.22. The van der Waals surface area contributed by atoms with Crippen molar-refractivity contribution < 1.29 is 9.84 Å². The minimum atomic E-state index is -0.0526. The molecule has 6 heteroatoms. The largest absolute Gasteiger partial charge is 0.394 e. The highest BCUT2D eigenvalue weighted by Crippen LogP contribution is 2.04. The van der Waals surface area contributed by atoms with E-state index in [1.165, 1.54) is 0 Å². The Hall–Kier alpha value is -0.810.